The molecule has 0 amide bonds. The minimum absolute atomic E-state index is 0.0902. The first-order valence-corrected chi connectivity index (χ1v) is 13.7. The predicted octanol–water partition coefficient (Wildman–Crippen LogP) is 4.33. The Bertz CT molecular complexity index is 1480. The number of benzene rings is 1. The van der Waals surface area contributed by atoms with Crippen LogP contribution in [0.2, 0.25) is 5.02 Å². The molecule has 2 fully saturated rings. The molecule has 1 aromatic carbocycles. The highest BCUT2D eigenvalue weighted by Gasteiger charge is 2.51. The topological polar surface area (TPSA) is 87.5 Å². The monoisotopic (exact) mass is 559 g/mol. The van der Waals surface area contributed by atoms with E-state index in [0.717, 1.165) is 39.0 Å². The fourth-order valence-corrected chi connectivity index (χ4v) is 5.78. The Balaban J connectivity index is 1.37. The van der Waals surface area contributed by atoms with Crippen molar-refractivity contribution in [3.05, 3.63) is 39.8 Å². The van der Waals surface area contributed by atoms with Crippen molar-refractivity contribution in [2.24, 2.45) is 18.9 Å². The minimum atomic E-state index is -3.10. The van der Waals surface area contributed by atoms with Gasteiger partial charge in [-0.25, -0.2) is 13.8 Å². The number of nitrogens with zero attached hydrogens (tertiary/aromatic N) is 5. The quantitative estimate of drug-likeness (QED) is 0.488. The van der Waals surface area contributed by atoms with E-state index in [-0.39, 0.29) is 11.7 Å². The Kier molecular flexibility index (Phi) is 6.53. The van der Waals surface area contributed by atoms with E-state index in [1.807, 2.05) is 0 Å². The molecule has 12 heteroatoms. The molecule has 2 aromatic heterocycles. The third kappa shape index (κ3) is 4.98. The van der Waals surface area contributed by atoms with Crippen LogP contribution >= 0.6 is 11.6 Å². The number of rotatable bonds is 4. The molecule has 39 heavy (non-hydrogen) atoms. The molecular formula is C27H32ClF2N7O2. The van der Waals surface area contributed by atoms with E-state index in [9.17, 15) is 13.6 Å². The van der Waals surface area contributed by atoms with Crippen LogP contribution in [-0.4, -0.2) is 71.2 Å². The Labute approximate surface area is 230 Å². The van der Waals surface area contributed by atoms with Gasteiger partial charge in [-0.15, -0.1) is 0 Å². The van der Waals surface area contributed by atoms with Crippen LogP contribution < -0.4 is 25.8 Å². The van der Waals surface area contributed by atoms with Gasteiger partial charge in [-0.05, 0) is 49.9 Å². The third-order valence-electron chi connectivity index (χ3n) is 7.79. The second-order valence-corrected chi connectivity index (χ2v) is 11.5. The molecule has 0 unspecified atom stereocenters. The molecule has 4 heterocycles. The molecule has 1 saturated heterocycles. The fraction of sp³-hybridized carbons (Fsp3) is 0.519. The maximum Gasteiger partial charge on any atom is 0.301 e. The fourth-order valence-electron chi connectivity index (χ4n) is 5.64. The number of hydrogen-bond acceptors (Lipinski definition) is 8. The second-order valence-electron chi connectivity index (χ2n) is 11.1. The van der Waals surface area contributed by atoms with Crippen molar-refractivity contribution in [2.45, 2.75) is 31.7 Å². The summed E-state index contributed by atoms with van der Waals surface area (Å²) >= 11 is 6.49. The van der Waals surface area contributed by atoms with Crippen molar-refractivity contribution in [3.8, 4) is 5.75 Å². The summed E-state index contributed by atoms with van der Waals surface area (Å²) in [7, 11) is 3.72. The minimum Gasteiger partial charge on any atom is -0.480 e. The smallest absolute Gasteiger partial charge is 0.301 e. The lowest BCUT2D eigenvalue weighted by Gasteiger charge is -2.25. The van der Waals surface area contributed by atoms with Gasteiger partial charge in [0.25, 0.3) is 5.56 Å². The second kappa shape index (κ2) is 9.78. The van der Waals surface area contributed by atoms with Gasteiger partial charge in [-0.3, -0.25) is 4.79 Å². The van der Waals surface area contributed by atoms with Gasteiger partial charge >= 0.3 is 5.92 Å². The van der Waals surface area contributed by atoms with Crippen molar-refractivity contribution in [3.63, 3.8) is 0 Å². The van der Waals surface area contributed by atoms with Crippen molar-refractivity contribution in [1.29, 1.82) is 0 Å². The van der Waals surface area contributed by atoms with Crippen molar-refractivity contribution >= 4 is 45.6 Å². The Morgan fingerprint density at radius 2 is 2.00 bits per heavy atom. The summed E-state index contributed by atoms with van der Waals surface area (Å²) in [6, 6.07) is 4.29. The van der Waals surface area contributed by atoms with Crippen LogP contribution in [0, 0.1) is 11.8 Å². The lowest BCUT2D eigenvalue weighted by molar-refractivity contribution is -0.0579. The molecular weight excluding hydrogens is 528 g/mol. The molecule has 9 nitrogen and oxygen atoms in total. The number of anilines is 4. The first-order valence-electron chi connectivity index (χ1n) is 13.3. The van der Waals surface area contributed by atoms with Crippen molar-refractivity contribution in [1.82, 2.24) is 19.4 Å². The van der Waals surface area contributed by atoms with E-state index in [2.05, 4.69) is 39.4 Å². The van der Waals surface area contributed by atoms with Gasteiger partial charge in [0.05, 0.1) is 23.4 Å². The summed E-state index contributed by atoms with van der Waals surface area (Å²) in [5.41, 5.74) is 1.07. The molecule has 2 aliphatic heterocycles. The number of aromatic nitrogens is 3. The van der Waals surface area contributed by atoms with Gasteiger partial charge in [-0.1, -0.05) is 18.5 Å². The summed E-state index contributed by atoms with van der Waals surface area (Å²) in [5, 5.41) is 7.23. The SMILES string of the molecule is C[C@@H]1CN(C)CCN(c2ncc(Cl)c(Nc3ccc4c(c3)c3c(c(=O)n4C)OCC(F)(F)[C@H](C4CC4)N3)n2)C1. The van der Waals surface area contributed by atoms with E-state index >= 15 is 0 Å². The van der Waals surface area contributed by atoms with Crippen LogP contribution in [0.3, 0.4) is 0 Å². The molecule has 0 bridgehead atoms. The highest BCUT2D eigenvalue weighted by Crippen LogP contribution is 2.45. The van der Waals surface area contributed by atoms with E-state index in [0.29, 0.717) is 45.0 Å². The number of pyridine rings is 1. The lowest BCUT2D eigenvalue weighted by atomic mass is 10.0. The first kappa shape index (κ1) is 26.1. The number of hydrogen-bond donors (Lipinski definition) is 2. The highest BCUT2D eigenvalue weighted by molar-refractivity contribution is 6.32. The van der Waals surface area contributed by atoms with Gasteiger partial charge in [0.15, 0.2) is 12.4 Å². The molecule has 2 N–H and O–H groups in total. The van der Waals surface area contributed by atoms with Crippen LogP contribution in [-0.2, 0) is 7.05 Å². The summed E-state index contributed by atoms with van der Waals surface area (Å²) in [6.07, 6.45) is 3.03. The summed E-state index contributed by atoms with van der Waals surface area (Å²) in [4.78, 5) is 26.7. The number of nitrogens with one attached hydrogen (secondary N) is 2. The van der Waals surface area contributed by atoms with E-state index < -0.39 is 24.1 Å². The van der Waals surface area contributed by atoms with E-state index in [1.165, 1.54) is 4.57 Å². The van der Waals surface area contributed by atoms with Crippen molar-refractivity contribution in [2.75, 3.05) is 55.4 Å². The van der Waals surface area contributed by atoms with E-state index in [1.54, 1.807) is 31.4 Å². The molecule has 3 aromatic rings. The van der Waals surface area contributed by atoms with Gasteiger partial charge in [0, 0.05) is 44.3 Å². The maximum absolute atomic E-state index is 14.9. The van der Waals surface area contributed by atoms with Gasteiger partial charge in [-0.2, -0.15) is 4.98 Å². The molecule has 1 saturated carbocycles. The van der Waals surface area contributed by atoms with Crippen LogP contribution in [0.5, 0.6) is 5.75 Å². The average molecular weight is 560 g/mol. The number of likely N-dealkylation sites (N-methyl/N-ethyl adjacent to an activating group) is 1. The van der Waals surface area contributed by atoms with Gasteiger partial charge in [0.2, 0.25) is 11.7 Å². The van der Waals surface area contributed by atoms with Crippen molar-refractivity contribution < 1.29 is 13.5 Å². The zero-order chi connectivity index (χ0) is 27.5. The highest BCUT2D eigenvalue weighted by atomic mass is 35.5. The summed E-state index contributed by atoms with van der Waals surface area (Å²) < 4.78 is 36.8. The zero-order valence-corrected chi connectivity index (χ0v) is 22.9. The number of aryl methyl sites for hydroxylation is 1. The normalized spacial score (nSPS) is 23.4. The molecule has 1 aliphatic carbocycles. The first-order chi connectivity index (χ1) is 18.6. The largest absolute Gasteiger partial charge is 0.480 e. The molecule has 0 spiro atoms. The Hall–Kier alpha value is -3.18. The maximum atomic E-state index is 14.9. The van der Waals surface area contributed by atoms with E-state index in [4.69, 9.17) is 21.3 Å². The molecule has 2 atom stereocenters. The number of halogens is 3. The average Bonchev–Trinajstić information content (AvgIpc) is 3.74. The predicted molar refractivity (Wildman–Crippen MR) is 149 cm³/mol. The van der Waals surface area contributed by atoms with Gasteiger partial charge < -0.3 is 29.7 Å². The third-order valence-corrected chi connectivity index (χ3v) is 8.07. The van der Waals surface area contributed by atoms with Gasteiger partial charge in [0.1, 0.15) is 5.02 Å². The Morgan fingerprint density at radius 3 is 2.77 bits per heavy atom. The summed E-state index contributed by atoms with van der Waals surface area (Å²) in [6.45, 7) is 4.91. The van der Waals surface area contributed by atoms with Crippen LogP contribution in [0.1, 0.15) is 19.8 Å². The zero-order valence-electron chi connectivity index (χ0n) is 22.2. The Morgan fingerprint density at radius 1 is 1.21 bits per heavy atom. The molecule has 208 valence electrons. The molecule has 3 aliphatic rings. The number of alkyl halides is 2. The number of ether oxygens (including phenoxy) is 1. The van der Waals surface area contributed by atoms with Crippen LogP contribution in [0.15, 0.2) is 29.2 Å². The standard InChI is InChI=1S/C27H32ClF2N7O2/c1-15-12-35(2)8-9-37(13-15)26-31-11-19(28)24(34-26)32-17-6-7-20-18(10-17)21-22(25(38)36(20)3)39-14-27(29,30)23(33-21)16-4-5-16/h6-7,10-11,15-16,23,33H,4-5,8-9,12-14H2,1-3H3,(H,31,32,34)/t15-,23+/m1/s1. The lowest BCUT2D eigenvalue weighted by Crippen LogP contribution is -2.44. The van der Waals surface area contributed by atoms with Crippen LogP contribution in [0.4, 0.5) is 31.9 Å². The molecule has 6 rings (SSSR count). The molecule has 0 radical (unpaired) electrons. The number of fused-ring (bicyclic) bond motifs is 3. The van der Waals surface area contributed by atoms with Crippen LogP contribution in [0.25, 0.3) is 10.9 Å². The summed E-state index contributed by atoms with van der Waals surface area (Å²) in [5.74, 6) is -1.86.